The van der Waals surface area contributed by atoms with Crippen LogP contribution in [0.4, 0.5) is 17.1 Å². The van der Waals surface area contributed by atoms with Crippen molar-refractivity contribution >= 4 is 23.0 Å². The van der Waals surface area contributed by atoms with E-state index >= 15 is 0 Å². The first-order valence-electron chi connectivity index (χ1n) is 8.20. The van der Waals surface area contributed by atoms with Crippen molar-refractivity contribution in [3.63, 3.8) is 0 Å². The number of nitrogens with one attached hydrogen (secondary N) is 1. The zero-order valence-corrected chi connectivity index (χ0v) is 13.9. The molecular formula is C19H23N3O2. The van der Waals surface area contributed by atoms with Crippen LogP contribution in [-0.2, 0) is 9.53 Å². The number of methoxy groups -OCH3 is 1. The first-order valence-corrected chi connectivity index (χ1v) is 8.20. The lowest BCUT2D eigenvalue weighted by molar-refractivity contribution is -0.119. The Morgan fingerprint density at radius 2 is 1.58 bits per heavy atom. The molecule has 0 unspecified atom stereocenters. The third kappa shape index (κ3) is 3.86. The molecule has 1 amide bonds. The van der Waals surface area contributed by atoms with E-state index in [2.05, 4.69) is 45.4 Å². The molecule has 2 aromatic carbocycles. The van der Waals surface area contributed by atoms with E-state index < -0.39 is 0 Å². The number of carbonyl (C=O) groups is 1. The lowest BCUT2D eigenvalue weighted by Gasteiger charge is -2.38. The van der Waals surface area contributed by atoms with E-state index in [4.69, 9.17) is 4.74 Å². The van der Waals surface area contributed by atoms with E-state index in [0.717, 1.165) is 37.6 Å². The summed E-state index contributed by atoms with van der Waals surface area (Å²) < 4.78 is 4.89. The van der Waals surface area contributed by atoms with E-state index in [-0.39, 0.29) is 12.5 Å². The summed E-state index contributed by atoms with van der Waals surface area (Å²) in [6.07, 6.45) is 0. The van der Waals surface area contributed by atoms with Gasteiger partial charge in [-0.1, -0.05) is 30.3 Å². The van der Waals surface area contributed by atoms with Crippen molar-refractivity contribution in [2.24, 2.45) is 0 Å². The normalized spacial score (nSPS) is 14.5. The molecule has 5 heteroatoms. The molecule has 0 spiro atoms. The van der Waals surface area contributed by atoms with E-state index in [1.165, 1.54) is 12.8 Å². The summed E-state index contributed by atoms with van der Waals surface area (Å²) in [5.74, 6) is -0.132. The second kappa shape index (κ2) is 7.84. The lowest BCUT2D eigenvalue weighted by Crippen LogP contribution is -2.46. The Labute approximate surface area is 142 Å². The van der Waals surface area contributed by atoms with Gasteiger partial charge in [0, 0.05) is 39.0 Å². The van der Waals surface area contributed by atoms with Crippen LogP contribution < -0.4 is 15.1 Å². The smallest absolute Gasteiger partial charge is 0.250 e. The molecule has 0 saturated carbocycles. The fourth-order valence-electron chi connectivity index (χ4n) is 3.02. The van der Waals surface area contributed by atoms with Crippen LogP contribution in [0.5, 0.6) is 0 Å². The molecule has 1 aliphatic rings. The molecule has 24 heavy (non-hydrogen) atoms. The van der Waals surface area contributed by atoms with Crippen LogP contribution in [0.2, 0.25) is 0 Å². The number of ether oxygens (including phenoxy) is 1. The van der Waals surface area contributed by atoms with E-state index in [1.54, 1.807) is 0 Å². The summed E-state index contributed by atoms with van der Waals surface area (Å²) in [5, 5.41) is 2.93. The van der Waals surface area contributed by atoms with Gasteiger partial charge in [-0.25, -0.2) is 0 Å². The van der Waals surface area contributed by atoms with Crippen molar-refractivity contribution in [3.05, 3.63) is 54.6 Å². The van der Waals surface area contributed by atoms with Crippen LogP contribution >= 0.6 is 0 Å². The topological polar surface area (TPSA) is 44.8 Å². The van der Waals surface area contributed by atoms with Crippen molar-refractivity contribution < 1.29 is 9.53 Å². The molecule has 1 fully saturated rings. The van der Waals surface area contributed by atoms with Gasteiger partial charge in [-0.05, 0) is 24.3 Å². The van der Waals surface area contributed by atoms with Gasteiger partial charge >= 0.3 is 0 Å². The van der Waals surface area contributed by atoms with Crippen LogP contribution in [0.3, 0.4) is 0 Å². The molecule has 5 nitrogen and oxygen atoms in total. The second-order valence-electron chi connectivity index (χ2n) is 5.81. The van der Waals surface area contributed by atoms with Crippen LogP contribution in [-0.4, -0.2) is 45.8 Å². The van der Waals surface area contributed by atoms with Gasteiger partial charge in [-0.2, -0.15) is 0 Å². The summed E-state index contributed by atoms with van der Waals surface area (Å²) in [6.45, 7) is 3.84. The van der Waals surface area contributed by atoms with Crippen LogP contribution in [0.25, 0.3) is 0 Å². The maximum absolute atomic E-state index is 11.8. The Morgan fingerprint density at radius 1 is 0.958 bits per heavy atom. The van der Waals surface area contributed by atoms with Gasteiger partial charge in [-0.3, -0.25) is 4.79 Å². The molecule has 126 valence electrons. The van der Waals surface area contributed by atoms with Crippen molar-refractivity contribution in [1.82, 2.24) is 0 Å². The Morgan fingerprint density at radius 3 is 2.29 bits per heavy atom. The number of carbonyl (C=O) groups excluding carboxylic acids is 1. The van der Waals surface area contributed by atoms with Crippen molar-refractivity contribution in [1.29, 1.82) is 0 Å². The minimum atomic E-state index is -0.132. The minimum Gasteiger partial charge on any atom is -0.375 e. The first kappa shape index (κ1) is 16.3. The molecule has 1 aliphatic heterocycles. The van der Waals surface area contributed by atoms with Crippen LogP contribution in [0, 0.1) is 0 Å². The highest BCUT2D eigenvalue weighted by molar-refractivity contribution is 5.95. The van der Waals surface area contributed by atoms with Crippen molar-refractivity contribution in [2.75, 3.05) is 55.0 Å². The Bertz CT molecular complexity index is 667. The summed E-state index contributed by atoms with van der Waals surface area (Å²) in [5.41, 5.74) is 3.17. The number of hydrogen-bond donors (Lipinski definition) is 1. The molecule has 0 bridgehead atoms. The second-order valence-corrected chi connectivity index (χ2v) is 5.81. The molecular weight excluding hydrogens is 302 g/mol. The number of piperazine rings is 1. The van der Waals surface area contributed by atoms with Gasteiger partial charge in [0.2, 0.25) is 5.91 Å². The predicted molar refractivity (Wildman–Crippen MR) is 97.8 cm³/mol. The summed E-state index contributed by atoms with van der Waals surface area (Å²) in [6, 6.07) is 18.4. The predicted octanol–water partition coefficient (Wildman–Crippen LogP) is 2.60. The average molecular weight is 325 g/mol. The highest BCUT2D eigenvalue weighted by atomic mass is 16.5. The summed E-state index contributed by atoms with van der Waals surface area (Å²) in [4.78, 5) is 16.5. The van der Waals surface area contributed by atoms with Crippen molar-refractivity contribution in [2.45, 2.75) is 0 Å². The standard InChI is InChI=1S/C19H23N3O2/c1-24-15-19(23)20-17-9-5-6-10-18(17)22-13-11-21(12-14-22)16-7-3-2-4-8-16/h2-10H,11-15H2,1H3,(H,20,23). The van der Waals surface area contributed by atoms with Crippen molar-refractivity contribution in [3.8, 4) is 0 Å². The zero-order valence-electron chi connectivity index (χ0n) is 13.9. The number of benzene rings is 2. The van der Waals surface area contributed by atoms with Gasteiger partial charge in [0.05, 0.1) is 11.4 Å². The molecule has 0 atom stereocenters. The van der Waals surface area contributed by atoms with Gasteiger partial charge in [0.1, 0.15) is 6.61 Å². The van der Waals surface area contributed by atoms with Gasteiger partial charge in [-0.15, -0.1) is 0 Å². The fraction of sp³-hybridized carbons (Fsp3) is 0.316. The molecule has 0 radical (unpaired) electrons. The number of hydrogen-bond acceptors (Lipinski definition) is 4. The summed E-state index contributed by atoms with van der Waals surface area (Å²) in [7, 11) is 1.52. The highest BCUT2D eigenvalue weighted by Crippen LogP contribution is 2.27. The third-order valence-electron chi connectivity index (χ3n) is 4.20. The molecule has 1 heterocycles. The van der Waals surface area contributed by atoms with E-state index in [0.29, 0.717) is 0 Å². The van der Waals surface area contributed by atoms with Gasteiger partial charge in [0.15, 0.2) is 0 Å². The zero-order chi connectivity index (χ0) is 16.8. The fourth-order valence-corrected chi connectivity index (χ4v) is 3.02. The Kier molecular flexibility index (Phi) is 5.33. The minimum absolute atomic E-state index is 0.0656. The average Bonchev–Trinajstić information content (AvgIpc) is 2.63. The Hall–Kier alpha value is -2.53. The van der Waals surface area contributed by atoms with Gasteiger partial charge in [0.25, 0.3) is 0 Å². The molecule has 1 N–H and O–H groups in total. The molecule has 0 aromatic heterocycles. The molecule has 2 aromatic rings. The van der Waals surface area contributed by atoms with E-state index in [1.807, 2.05) is 24.3 Å². The van der Waals surface area contributed by atoms with Crippen LogP contribution in [0.15, 0.2) is 54.6 Å². The molecule has 1 saturated heterocycles. The number of para-hydroxylation sites is 3. The van der Waals surface area contributed by atoms with Gasteiger partial charge < -0.3 is 19.9 Å². The molecule has 3 rings (SSSR count). The summed E-state index contributed by atoms with van der Waals surface area (Å²) >= 11 is 0. The maximum Gasteiger partial charge on any atom is 0.250 e. The lowest BCUT2D eigenvalue weighted by atomic mass is 10.2. The number of anilines is 3. The van der Waals surface area contributed by atoms with Crippen LogP contribution in [0.1, 0.15) is 0 Å². The number of amides is 1. The first-order chi connectivity index (χ1) is 11.8. The Balaban J connectivity index is 1.67. The number of rotatable bonds is 5. The van der Waals surface area contributed by atoms with E-state index in [9.17, 15) is 4.79 Å². The molecule has 0 aliphatic carbocycles. The largest absolute Gasteiger partial charge is 0.375 e. The third-order valence-corrected chi connectivity index (χ3v) is 4.20. The highest BCUT2D eigenvalue weighted by Gasteiger charge is 2.19. The SMILES string of the molecule is COCC(=O)Nc1ccccc1N1CCN(c2ccccc2)CC1. The monoisotopic (exact) mass is 325 g/mol. The maximum atomic E-state index is 11.8. The quantitative estimate of drug-likeness (QED) is 0.918. The number of nitrogens with zero attached hydrogens (tertiary/aromatic N) is 2.